The maximum Gasteiger partial charge on any atom is 0.311 e. The van der Waals surface area contributed by atoms with Crippen molar-refractivity contribution in [3.8, 4) is 0 Å². The van der Waals surface area contributed by atoms with Gasteiger partial charge in [0.2, 0.25) is 5.82 Å². The number of hydrogen-bond acceptors (Lipinski definition) is 6. The van der Waals surface area contributed by atoms with E-state index in [1.807, 2.05) is 32.8 Å². The third-order valence-corrected chi connectivity index (χ3v) is 3.17. The van der Waals surface area contributed by atoms with Crippen LogP contribution in [0.5, 0.6) is 0 Å². The van der Waals surface area contributed by atoms with Crippen molar-refractivity contribution in [3.63, 3.8) is 0 Å². The maximum absolute atomic E-state index is 13.7. The third kappa shape index (κ3) is 4.35. The maximum atomic E-state index is 13.7. The molecule has 1 aromatic carbocycles. The molecule has 0 aromatic heterocycles. The number of nitro benzene ring substituents is 2. The molecule has 1 aromatic rings. The topological polar surface area (TPSA) is 102 Å². The van der Waals surface area contributed by atoms with Crippen LogP contribution < -0.4 is 5.32 Å². The van der Waals surface area contributed by atoms with Crippen LogP contribution in [0.1, 0.15) is 13.8 Å². The fraction of sp³-hybridized carbons (Fsp3) is 0.538. The van der Waals surface area contributed by atoms with E-state index in [2.05, 4.69) is 5.32 Å². The number of nitrogens with one attached hydrogen (secondary N) is 1. The monoisotopic (exact) mass is 314 g/mol. The summed E-state index contributed by atoms with van der Waals surface area (Å²) in [5, 5.41) is 24.7. The van der Waals surface area contributed by atoms with E-state index < -0.39 is 27.0 Å². The Morgan fingerprint density at radius 3 is 2.14 bits per heavy atom. The number of nitro groups is 2. The molecule has 0 spiro atoms. The van der Waals surface area contributed by atoms with Gasteiger partial charge in [0.1, 0.15) is 5.69 Å². The summed E-state index contributed by atoms with van der Waals surface area (Å²) < 4.78 is 13.7. The summed E-state index contributed by atoms with van der Waals surface area (Å²) in [5.41, 5.74) is -1.49. The Hall–Kier alpha value is -2.29. The van der Waals surface area contributed by atoms with E-state index in [1.54, 1.807) is 0 Å². The molecule has 8 nitrogen and oxygen atoms in total. The molecule has 0 radical (unpaired) electrons. The molecule has 0 heterocycles. The van der Waals surface area contributed by atoms with Crippen LogP contribution in [-0.2, 0) is 0 Å². The predicted octanol–water partition coefficient (Wildman–Crippen LogP) is 2.64. The molecule has 22 heavy (non-hydrogen) atoms. The van der Waals surface area contributed by atoms with Gasteiger partial charge in [-0.15, -0.1) is 0 Å². The SMILES string of the molecule is CC(C)[C@@H](CN(C)C)Nc1cc(F)c([N+](=O)[O-])cc1[N+](=O)[O-]. The van der Waals surface area contributed by atoms with Crippen LogP contribution in [0, 0.1) is 32.0 Å². The van der Waals surface area contributed by atoms with E-state index >= 15 is 0 Å². The van der Waals surface area contributed by atoms with Crippen molar-refractivity contribution in [1.29, 1.82) is 0 Å². The van der Waals surface area contributed by atoms with Crippen LogP contribution >= 0.6 is 0 Å². The van der Waals surface area contributed by atoms with Crippen LogP contribution in [0.15, 0.2) is 12.1 Å². The van der Waals surface area contributed by atoms with Gasteiger partial charge in [-0.1, -0.05) is 13.8 Å². The Morgan fingerprint density at radius 1 is 1.18 bits per heavy atom. The fourth-order valence-corrected chi connectivity index (χ4v) is 1.97. The normalized spacial score (nSPS) is 12.5. The van der Waals surface area contributed by atoms with Gasteiger partial charge < -0.3 is 10.2 Å². The van der Waals surface area contributed by atoms with Crippen LogP contribution in [0.25, 0.3) is 0 Å². The standard InChI is InChI=1S/C13H19FN4O4/c1-8(2)11(7-16(3)4)15-10-5-9(14)12(17(19)20)6-13(10)18(21)22/h5-6,8,11,15H,7H2,1-4H3/t11-/m1/s1. The molecule has 0 amide bonds. The van der Waals surface area contributed by atoms with E-state index in [0.717, 1.165) is 6.07 Å². The van der Waals surface area contributed by atoms with Crippen molar-refractivity contribution in [1.82, 2.24) is 4.90 Å². The van der Waals surface area contributed by atoms with Gasteiger partial charge in [0, 0.05) is 18.7 Å². The number of rotatable bonds is 7. The van der Waals surface area contributed by atoms with Crippen LogP contribution in [0.4, 0.5) is 21.5 Å². The lowest BCUT2D eigenvalue weighted by Gasteiger charge is -2.26. The summed E-state index contributed by atoms with van der Waals surface area (Å²) in [7, 11) is 3.70. The van der Waals surface area contributed by atoms with Crippen molar-refractivity contribution in [2.24, 2.45) is 5.92 Å². The van der Waals surface area contributed by atoms with Gasteiger partial charge in [-0.25, -0.2) is 0 Å². The average Bonchev–Trinajstić information content (AvgIpc) is 2.36. The molecule has 0 saturated carbocycles. The average molecular weight is 314 g/mol. The van der Waals surface area contributed by atoms with Gasteiger partial charge in [0.25, 0.3) is 5.69 Å². The first-order chi connectivity index (χ1) is 10.1. The summed E-state index contributed by atoms with van der Waals surface area (Å²) >= 11 is 0. The van der Waals surface area contributed by atoms with Gasteiger partial charge in [0.05, 0.1) is 15.9 Å². The largest absolute Gasteiger partial charge is 0.375 e. The Labute approximate surface area is 127 Å². The van der Waals surface area contributed by atoms with E-state index in [1.165, 1.54) is 0 Å². The first-order valence-electron chi connectivity index (χ1n) is 6.67. The molecule has 1 N–H and O–H groups in total. The van der Waals surface area contributed by atoms with Gasteiger partial charge >= 0.3 is 5.69 Å². The highest BCUT2D eigenvalue weighted by atomic mass is 19.1. The van der Waals surface area contributed by atoms with Gasteiger partial charge in [0.15, 0.2) is 0 Å². The minimum Gasteiger partial charge on any atom is -0.375 e. The van der Waals surface area contributed by atoms with Gasteiger partial charge in [-0.05, 0) is 20.0 Å². The molecule has 0 aliphatic carbocycles. The number of hydrogen-bond donors (Lipinski definition) is 1. The Morgan fingerprint density at radius 2 is 1.73 bits per heavy atom. The Balaban J connectivity index is 3.24. The first kappa shape index (κ1) is 17.8. The third-order valence-electron chi connectivity index (χ3n) is 3.17. The van der Waals surface area contributed by atoms with Crippen molar-refractivity contribution in [2.75, 3.05) is 26.0 Å². The molecule has 0 bridgehead atoms. The number of likely N-dealkylation sites (N-methyl/N-ethyl adjacent to an activating group) is 1. The second-order valence-electron chi connectivity index (χ2n) is 5.59. The van der Waals surface area contributed by atoms with Crippen molar-refractivity contribution >= 4 is 17.1 Å². The predicted molar refractivity (Wildman–Crippen MR) is 80.5 cm³/mol. The molecule has 0 fully saturated rings. The quantitative estimate of drug-likeness (QED) is 0.613. The summed E-state index contributed by atoms with van der Waals surface area (Å²) in [6.45, 7) is 4.43. The number of anilines is 1. The minimum absolute atomic E-state index is 0.0614. The van der Waals surface area contributed by atoms with Crippen molar-refractivity contribution in [3.05, 3.63) is 38.2 Å². The highest BCUT2D eigenvalue weighted by Crippen LogP contribution is 2.32. The summed E-state index contributed by atoms with van der Waals surface area (Å²) in [4.78, 5) is 21.9. The summed E-state index contributed by atoms with van der Waals surface area (Å²) in [6, 6.07) is 1.28. The zero-order chi connectivity index (χ0) is 17.0. The molecule has 0 aliphatic heterocycles. The van der Waals surface area contributed by atoms with Crippen LogP contribution in [0.3, 0.4) is 0 Å². The lowest BCUT2D eigenvalue weighted by atomic mass is 10.0. The van der Waals surface area contributed by atoms with Gasteiger partial charge in [-0.2, -0.15) is 4.39 Å². The molecular formula is C13H19FN4O4. The van der Waals surface area contributed by atoms with Crippen molar-refractivity contribution < 1.29 is 14.2 Å². The van der Waals surface area contributed by atoms with Gasteiger partial charge in [-0.3, -0.25) is 20.2 Å². The lowest BCUT2D eigenvalue weighted by molar-refractivity contribution is -0.395. The summed E-state index contributed by atoms with van der Waals surface area (Å²) in [5.74, 6) is -0.981. The molecule has 0 aliphatic rings. The minimum atomic E-state index is -1.11. The second kappa shape index (κ2) is 7.12. The number of benzene rings is 1. The highest BCUT2D eigenvalue weighted by molar-refractivity contribution is 5.66. The smallest absolute Gasteiger partial charge is 0.311 e. The highest BCUT2D eigenvalue weighted by Gasteiger charge is 2.26. The zero-order valence-corrected chi connectivity index (χ0v) is 12.9. The molecule has 0 unspecified atom stereocenters. The first-order valence-corrected chi connectivity index (χ1v) is 6.67. The van der Waals surface area contributed by atoms with Crippen LogP contribution in [0.2, 0.25) is 0 Å². The molecule has 122 valence electrons. The Kier molecular flexibility index (Phi) is 5.75. The van der Waals surface area contributed by atoms with E-state index in [9.17, 15) is 24.6 Å². The Bertz CT molecular complexity index is 577. The number of halogens is 1. The fourth-order valence-electron chi connectivity index (χ4n) is 1.97. The van der Waals surface area contributed by atoms with E-state index in [-0.39, 0.29) is 17.6 Å². The molecular weight excluding hydrogens is 295 g/mol. The zero-order valence-electron chi connectivity index (χ0n) is 12.9. The molecule has 9 heteroatoms. The lowest BCUT2D eigenvalue weighted by Crippen LogP contribution is -2.36. The molecule has 1 atom stereocenters. The van der Waals surface area contributed by atoms with Crippen LogP contribution in [-0.4, -0.2) is 41.4 Å². The van der Waals surface area contributed by atoms with Crippen molar-refractivity contribution in [2.45, 2.75) is 19.9 Å². The second-order valence-corrected chi connectivity index (χ2v) is 5.59. The molecule has 1 rings (SSSR count). The summed E-state index contributed by atoms with van der Waals surface area (Å²) in [6.07, 6.45) is 0. The van der Waals surface area contributed by atoms with E-state index in [0.29, 0.717) is 12.6 Å². The number of nitrogens with zero attached hydrogens (tertiary/aromatic N) is 3. The van der Waals surface area contributed by atoms with E-state index in [4.69, 9.17) is 0 Å². The molecule has 0 saturated heterocycles.